The van der Waals surface area contributed by atoms with Gasteiger partial charge < -0.3 is 10.6 Å². The Labute approximate surface area is 242 Å². The van der Waals surface area contributed by atoms with Gasteiger partial charge in [-0.3, -0.25) is 4.40 Å². The lowest BCUT2D eigenvalue weighted by molar-refractivity contribution is 0.938. The Morgan fingerprint density at radius 3 is 1.86 bits per heavy atom. The van der Waals surface area contributed by atoms with Crippen molar-refractivity contribution in [1.29, 1.82) is 0 Å². The van der Waals surface area contributed by atoms with Gasteiger partial charge in [0.05, 0.1) is 6.20 Å². The predicted molar refractivity (Wildman–Crippen MR) is 170 cm³/mol. The Morgan fingerprint density at radius 1 is 0.571 bits per heavy atom. The second kappa shape index (κ2) is 10.7. The number of nitrogens with one attached hydrogen (secondary N) is 2. The Kier molecular flexibility index (Phi) is 6.41. The van der Waals surface area contributed by atoms with E-state index >= 15 is 0 Å². The van der Waals surface area contributed by atoms with Gasteiger partial charge in [-0.15, -0.1) is 0 Å². The molecule has 0 bridgehead atoms. The number of imidazole rings is 1. The first-order valence-corrected chi connectivity index (χ1v) is 13.7. The molecule has 0 spiro atoms. The third kappa shape index (κ3) is 5.09. The van der Waals surface area contributed by atoms with Gasteiger partial charge in [0.15, 0.2) is 5.65 Å². The SMILES string of the molecule is Cc1cc(Nc2ccc3ccccc3c2)n2ccnc2n1.Cc1cc(Nc2ccc3ccccc3c2)n2nccc2n1. The number of hydrogen-bond donors (Lipinski definition) is 2. The third-order valence-electron chi connectivity index (χ3n) is 7.03. The maximum atomic E-state index is 4.45. The second-order valence-corrected chi connectivity index (χ2v) is 10.1. The van der Waals surface area contributed by atoms with Crippen LogP contribution in [0.1, 0.15) is 11.4 Å². The molecule has 0 radical (unpaired) electrons. The Morgan fingerprint density at radius 2 is 1.17 bits per heavy atom. The second-order valence-electron chi connectivity index (χ2n) is 10.1. The molecule has 2 N–H and O–H groups in total. The van der Waals surface area contributed by atoms with E-state index in [-0.39, 0.29) is 0 Å². The van der Waals surface area contributed by atoms with E-state index in [4.69, 9.17) is 0 Å². The molecular formula is C34H28N8. The number of fused-ring (bicyclic) bond motifs is 4. The van der Waals surface area contributed by atoms with Crippen LogP contribution in [0, 0.1) is 13.8 Å². The first kappa shape index (κ1) is 25.2. The highest BCUT2D eigenvalue weighted by Gasteiger charge is 2.06. The number of aromatic nitrogens is 6. The largest absolute Gasteiger partial charge is 0.341 e. The fraction of sp³-hybridized carbons (Fsp3) is 0.0588. The summed E-state index contributed by atoms with van der Waals surface area (Å²) in [5.41, 5.74) is 4.84. The summed E-state index contributed by atoms with van der Waals surface area (Å²) in [6, 6.07) is 35.3. The summed E-state index contributed by atoms with van der Waals surface area (Å²) in [4.78, 5) is 13.1. The average molecular weight is 549 g/mol. The van der Waals surface area contributed by atoms with E-state index < -0.39 is 0 Å². The molecule has 4 heterocycles. The van der Waals surface area contributed by atoms with Crippen LogP contribution < -0.4 is 10.6 Å². The lowest BCUT2D eigenvalue weighted by Crippen LogP contribution is -2.02. The zero-order valence-electron chi connectivity index (χ0n) is 23.2. The van der Waals surface area contributed by atoms with Crippen molar-refractivity contribution >= 4 is 56.0 Å². The highest BCUT2D eigenvalue weighted by molar-refractivity contribution is 5.87. The van der Waals surface area contributed by atoms with Crippen molar-refractivity contribution in [3.05, 3.63) is 133 Å². The average Bonchev–Trinajstić information content (AvgIpc) is 3.67. The number of hydrogen-bond acceptors (Lipinski definition) is 6. The molecule has 0 atom stereocenters. The highest BCUT2D eigenvalue weighted by atomic mass is 15.3. The molecule has 4 aromatic carbocycles. The summed E-state index contributed by atoms with van der Waals surface area (Å²) in [6.45, 7) is 3.96. The Balaban J connectivity index is 0.000000137. The predicted octanol–water partition coefficient (Wildman–Crippen LogP) is 7.87. The smallest absolute Gasteiger partial charge is 0.235 e. The molecule has 8 nitrogen and oxygen atoms in total. The van der Waals surface area contributed by atoms with E-state index in [2.05, 4.69) is 116 Å². The van der Waals surface area contributed by atoms with E-state index in [1.165, 1.54) is 21.5 Å². The first-order valence-electron chi connectivity index (χ1n) is 13.7. The molecule has 0 aliphatic rings. The Bertz CT molecular complexity index is 2040. The van der Waals surface area contributed by atoms with Crippen LogP contribution >= 0.6 is 0 Å². The number of benzene rings is 4. The van der Waals surface area contributed by atoms with Crippen LogP contribution in [-0.2, 0) is 0 Å². The summed E-state index contributed by atoms with van der Waals surface area (Å²) in [6.07, 6.45) is 5.42. The van der Waals surface area contributed by atoms with Crippen molar-refractivity contribution < 1.29 is 0 Å². The molecule has 8 heteroatoms. The molecule has 0 fully saturated rings. The van der Waals surface area contributed by atoms with Gasteiger partial charge in [0.2, 0.25) is 5.78 Å². The molecule has 0 saturated heterocycles. The molecule has 0 saturated carbocycles. The van der Waals surface area contributed by atoms with Crippen molar-refractivity contribution in [1.82, 2.24) is 29.0 Å². The third-order valence-corrected chi connectivity index (χ3v) is 7.03. The highest BCUT2D eigenvalue weighted by Crippen LogP contribution is 2.24. The van der Waals surface area contributed by atoms with Gasteiger partial charge in [-0.25, -0.2) is 15.0 Å². The summed E-state index contributed by atoms with van der Waals surface area (Å²) in [7, 11) is 0. The van der Waals surface area contributed by atoms with Gasteiger partial charge in [-0.05, 0) is 59.7 Å². The van der Waals surface area contributed by atoms with Gasteiger partial charge in [0.25, 0.3) is 0 Å². The maximum absolute atomic E-state index is 4.45. The van der Waals surface area contributed by atoms with E-state index in [1.807, 2.05) is 47.2 Å². The number of rotatable bonds is 4. The van der Waals surface area contributed by atoms with E-state index in [0.717, 1.165) is 40.0 Å². The lowest BCUT2D eigenvalue weighted by Gasteiger charge is -2.10. The molecular weight excluding hydrogens is 520 g/mol. The van der Waals surface area contributed by atoms with Gasteiger partial charge in [-0.2, -0.15) is 9.61 Å². The van der Waals surface area contributed by atoms with Gasteiger partial charge in [-0.1, -0.05) is 60.7 Å². The molecule has 42 heavy (non-hydrogen) atoms. The van der Waals surface area contributed by atoms with E-state index in [0.29, 0.717) is 5.78 Å². The number of nitrogens with zero attached hydrogens (tertiary/aromatic N) is 6. The van der Waals surface area contributed by atoms with E-state index in [1.54, 1.807) is 12.4 Å². The summed E-state index contributed by atoms with van der Waals surface area (Å²) >= 11 is 0. The zero-order valence-corrected chi connectivity index (χ0v) is 23.2. The van der Waals surface area contributed by atoms with Crippen molar-refractivity contribution in [3.8, 4) is 0 Å². The standard InChI is InChI=1S/2C17H14N4/c1-12-10-16(21-9-8-18-17(21)19-12)20-15-7-6-13-4-2-3-5-14(13)11-15;1-12-10-17(21-16(19-12)8-9-18-21)20-15-7-6-13-4-2-3-5-14(13)11-15/h2*2-11,20H,1H3. The minimum atomic E-state index is 0.707. The molecule has 8 aromatic rings. The van der Waals surface area contributed by atoms with Crippen molar-refractivity contribution in [3.63, 3.8) is 0 Å². The molecule has 204 valence electrons. The van der Waals surface area contributed by atoms with Gasteiger partial charge in [0, 0.05) is 53.4 Å². The fourth-order valence-electron chi connectivity index (χ4n) is 5.08. The van der Waals surface area contributed by atoms with Crippen LogP contribution in [-0.4, -0.2) is 29.0 Å². The fourth-order valence-corrected chi connectivity index (χ4v) is 5.08. The number of anilines is 4. The maximum Gasteiger partial charge on any atom is 0.235 e. The van der Waals surface area contributed by atoms with Crippen molar-refractivity contribution in [2.45, 2.75) is 13.8 Å². The minimum Gasteiger partial charge on any atom is -0.341 e. The van der Waals surface area contributed by atoms with Crippen molar-refractivity contribution in [2.75, 3.05) is 10.6 Å². The summed E-state index contributed by atoms with van der Waals surface area (Å²) < 4.78 is 3.75. The van der Waals surface area contributed by atoms with Crippen LogP contribution in [0.3, 0.4) is 0 Å². The lowest BCUT2D eigenvalue weighted by atomic mass is 10.1. The van der Waals surface area contributed by atoms with Crippen LogP contribution in [0.25, 0.3) is 33.0 Å². The van der Waals surface area contributed by atoms with Crippen LogP contribution in [0.15, 0.2) is 122 Å². The Hall–Kier alpha value is -5.76. The van der Waals surface area contributed by atoms with Crippen LogP contribution in [0.4, 0.5) is 23.0 Å². The van der Waals surface area contributed by atoms with E-state index in [9.17, 15) is 0 Å². The quantitative estimate of drug-likeness (QED) is 0.233. The molecule has 4 aromatic heterocycles. The molecule has 8 rings (SSSR count). The van der Waals surface area contributed by atoms with Crippen LogP contribution in [0.2, 0.25) is 0 Å². The normalized spacial score (nSPS) is 11.1. The molecule has 0 aliphatic heterocycles. The van der Waals surface area contributed by atoms with Crippen LogP contribution in [0.5, 0.6) is 0 Å². The minimum absolute atomic E-state index is 0.707. The topological polar surface area (TPSA) is 84.4 Å². The van der Waals surface area contributed by atoms with Crippen molar-refractivity contribution in [2.24, 2.45) is 0 Å². The molecule has 0 unspecified atom stereocenters. The number of aryl methyl sites for hydroxylation is 2. The molecule has 0 aliphatic carbocycles. The zero-order chi connectivity index (χ0) is 28.5. The molecule has 0 amide bonds. The first-order chi connectivity index (χ1) is 20.6. The van der Waals surface area contributed by atoms with Gasteiger partial charge in [0.1, 0.15) is 11.6 Å². The van der Waals surface area contributed by atoms with Gasteiger partial charge >= 0.3 is 0 Å². The summed E-state index contributed by atoms with van der Waals surface area (Å²) in [5, 5.41) is 16.1. The monoisotopic (exact) mass is 548 g/mol. The summed E-state index contributed by atoms with van der Waals surface area (Å²) in [5.74, 6) is 2.58.